The monoisotopic (exact) mass is 267 g/mol. The molecule has 104 valence electrons. The Bertz CT molecular complexity index is 420. The van der Waals surface area contributed by atoms with Gasteiger partial charge in [-0.3, -0.25) is 15.5 Å². The number of benzene rings is 1. The van der Waals surface area contributed by atoms with Crippen LogP contribution in [-0.2, 0) is 9.53 Å². The van der Waals surface area contributed by atoms with Crippen LogP contribution in [-0.4, -0.2) is 44.0 Å². The molecule has 0 bridgehead atoms. The van der Waals surface area contributed by atoms with Crippen molar-refractivity contribution in [3.63, 3.8) is 0 Å². The summed E-state index contributed by atoms with van der Waals surface area (Å²) in [6.45, 7) is 1.03. The van der Waals surface area contributed by atoms with Crippen molar-refractivity contribution >= 4 is 17.3 Å². The number of hydrogen-bond acceptors (Lipinski definition) is 6. The molecule has 1 aliphatic rings. The van der Waals surface area contributed by atoms with E-state index in [2.05, 4.69) is 16.1 Å². The normalized spacial score (nSPS) is 18.6. The molecule has 0 aliphatic carbocycles. The molecule has 19 heavy (non-hydrogen) atoms. The minimum Gasteiger partial charge on any atom is -0.495 e. The highest BCUT2D eigenvalue weighted by Gasteiger charge is 2.19. The van der Waals surface area contributed by atoms with Gasteiger partial charge in [0, 0.05) is 13.1 Å². The summed E-state index contributed by atoms with van der Waals surface area (Å²) in [6.07, 6.45) is -0.117. The molecule has 1 atom stereocenters. The molecule has 1 aromatic rings. The number of anilines is 2. The van der Waals surface area contributed by atoms with Crippen molar-refractivity contribution in [2.45, 2.75) is 6.10 Å². The van der Waals surface area contributed by atoms with Gasteiger partial charge in [0.1, 0.15) is 18.0 Å². The van der Waals surface area contributed by atoms with Crippen molar-refractivity contribution in [3.05, 3.63) is 18.2 Å². The number of hydrogen-bond donors (Lipinski definition) is 4. The van der Waals surface area contributed by atoms with E-state index in [4.69, 9.17) is 14.7 Å². The number of nitrogens with one attached hydrogen (secondary N) is 3. The number of ether oxygens (including phenoxy) is 2. The van der Waals surface area contributed by atoms with Gasteiger partial charge in [-0.1, -0.05) is 6.07 Å². The van der Waals surface area contributed by atoms with Gasteiger partial charge < -0.3 is 20.1 Å². The Morgan fingerprint density at radius 3 is 3.05 bits per heavy atom. The predicted octanol–water partition coefficient (Wildman–Crippen LogP) is 0.423. The Kier molecular flexibility index (Phi) is 4.43. The van der Waals surface area contributed by atoms with Crippen molar-refractivity contribution in [3.8, 4) is 5.75 Å². The van der Waals surface area contributed by atoms with E-state index in [0.29, 0.717) is 30.2 Å². The van der Waals surface area contributed by atoms with Gasteiger partial charge in [0.15, 0.2) is 0 Å². The number of carbonyl (C=O) groups excluding carboxylic acids is 1. The predicted molar refractivity (Wildman–Crippen MR) is 69.6 cm³/mol. The molecule has 7 heteroatoms. The molecule has 0 saturated carbocycles. The summed E-state index contributed by atoms with van der Waals surface area (Å²) < 4.78 is 10.6. The molecular weight excluding hydrogens is 250 g/mol. The molecule has 0 spiro atoms. The first-order valence-electron chi connectivity index (χ1n) is 5.94. The van der Waals surface area contributed by atoms with Crippen LogP contribution in [0.4, 0.5) is 11.4 Å². The minimum atomic E-state index is -0.117. The number of morpholine rings is 1. The zero-order valence-electron chi connectivity index (χ0n) is 10.6. The van der Waals surface area contributed by atoms with Crippen LogP contribution in [0, 0.1) is 0 Å². The fourth-order valence-corrected chi connectivity index (χ4v) is 1.85. The standard InChI is InChI=1S/C12H17N3O4/c1-18-10-4-2-3-9(15-17)12(10)14-6-8-5-13-11(16)7-19-8/h2-4,8,14-15,17H,5-7H2,1H3,(H,13,16)/t8-/m0/s1. The molecule has 0 aromatic heterocycles. The maximum atomic E-state index is 11.0. The molecule has 7 nitrogen and oxygen atoms in total. The van der Waals surface area contributed by atoms with Gasteiger partial charge in [0.05, 0.1) is 18.9 Å². The van der Waals surface area contributed by atoms with Crippen LogP contribution in [0.25, 0.3) is 0 Å². The molecule has 1 aromatic carbocycles. The van der Waals surface area contributed by atoms with E-state index >= 15 is 0 Å². The fraction of sp³-hybridized carbons (Fsp3) is 0.417. The topological polar surface area (TPSA) is 91.9 Å². The third kappa shape index (κ3) is 3.27. The summed E-state index contributed by atoms with van der Waals surface area (Å²) in [5.74, 6) is 0.505. The van der Waals surface area contributed by atoms with Gasteiger partial charge in [-0.25, -0.2) is 0 Å². The Morgan fingerprint density at radius 1 is 1.58 bits per heavy atom. The van der Waals surface area contributed by atoms with E-state index in [-0.39, 0.29) is 18.6 Å². The molecule has 1 saturated heterocycles. The van der Waals surface area contributed by atoms with E-state index in [0.717, 1.165) is 0 Å². The third-order valence-corrected chi connectivity index (χ3v) is 2.85. The van der Waals surface area contributed by atoms with E-state index < -0.39 is 0 Å². The highest BCUT2D eigenvalue weighted by atomic mass is 16.5. The lowest BCUT2D eigenvalue weighted by Gasteiger charge is -2.24. The number of carbonyl (C=O) groups is 1. The molecule has 1 heterocycles. The summed E-state index contributed by atoms with van der Waals surface area (Å²) in [4.78, 5) is 11.0. The van der Waals surface area contributed by atoms with Crippen molar-refractivity contribution in [2.75, 3.05) is 37.6 Å². The second kappa shape index (κ2) is 6.26. The molecule has 4 N–H and O–H groups in total. The zero-order chi connectivity index (χ0) is 13.7. The van der Waals surface area contributed by atoms with E-state index in [9.17, 15) is 4.79 Å². The smallest absolute Gasteiger partial charge is 0.246 e. The van der Waals surface area contributed by atoms with E-state index in [1.807, 2.05) is 0 Å². The number of para-hydroxylation sites is 1. The van der Waals surface area contributed by atoms with Crippen LogP contribution in [0.2, 0.25) is 0 Å². The van der Waals surface area contributed by atoms with Crippen LogP contribution in [0.3, 0.4) is 0 Å². The Morgan fingerprint density at radius 2 is 2.42 bits per heavy atom. The zero-order valence-corrected chi connectivity index (χ0v) is 10.6. The lowest BCUT2D eigenvalue weighted by atomic mass is 10.2. The average molecular weight is 267 g/mol. The molecule has 1 fully saturated rings. The summed E-state index contributed by atoms with van der Waals surface area (Å²) in [5.41, 5.74) is 3.27. The maximum Gasteiger partial charge on any atom is 0.246 e. The quantitative estimate of drug-likeness (QED) is 0.578. The number of rotatable bonds is 5. The van der Waals surface area contributed by atoms with Gasteiger partial charge in [0.2, 0.25) is 5.91 Å². The lowest BCUT2D eigenvalue weighted by molar-refractivity contribution is -0.132. The summed E-state index contributed by atoms with van der Waals surface area (Å²) in [7, 11) is 1.55. The molecule has 1 aliphatic heterocycles. The van der Waals surface area contributed by atoms with Gasteiger partial charge in [-0.05, 0) is 12.1 Å². The van der Waals surface area contributed by atoms with Crippen LogP contribution in [0.5, 0.6) is 5.75 Å². The van der Waals surface area contributed by atoms with Crippen LogP contribution < -0.4 is 20.9 Å². The Balaban J connectivity index is 2.00. The van der Waals surface area contributed by atoms with E-state index in [1.165, 1.54) is 0 Å². The largest absolute Gasteiger partial charge is 0.495 e. The second-order valence-corrected chi connectivity index (χ2v) is 4.11. The third-order valence-electron chi connectivity index (χ3n) is 2.85. The van der Waals surface area contributed by atoms with Gasteiger partial charge >= 0.3 is 0 Å². The minimum absolute atomic E-state index is 0.0728. The average Bonchev–Trinajstić information content (AvgIpc) is 2.46. The maximum absolute atomic E-state index is 11.0. The van der Waals surface area contributed by atoms with Gasteiger partial charge in [-0.2, -0.15) is 0 Å². The highest BCUT2D eigenvalue weighted by Crippen LogP contribution is 2.32. The summed E-state index contributed by atoms with van der Waals surface area (Å²) >= 11 is 0. The summed E-state index contributed by atoms with van der Waals surface area (Å²) in [5, 5.41) is 14.9. The molecule has 2 rings (SSSR count). The lowest BCUT2D eigenvalue weighted by Crippen LogP contribution is -2.45. The van der Waals surface area contributed by atoms with Gasteiger partial charge in [-0.15, -0.1) is 0 Å². The SMILES string of the molecule is COc1cccc(NO)c1NC[C@@H]1CNC(=O)CO1. The van der Waals surface area contributed by atoms with Crippen LogP contribution >= 0.6 is 0 Å². The van der Waals surface area contributed by atoms with Crippen molar-refractivity contribution < 1.29 is 19.5 Å². The van der Waals surface area contributed by atoms with Gasteiger partial charge in [0.25, 0.3) is 0 Å². The van der Waals surface area contributed by atoms with Crippen LogP contribution in [0.15, 0.2) is 18.2 Å². The first-order chi connectivity index (χ1) is 9.24. The molecule has 0 radical (unpaired) electrons. The molecule has 0 unspecified atom stereocenters. The Hall–Kier alpha value is -1.99. The summed E-state index contributed by atoms with van der Waals surface area (Å²) in [6, 6.07) is 5.26. The second-order valence-electron chi connectivity index (χ2n) is 4.11. The first kappa shape index (κ1) is 13.4. The highest BCUT2D eigenvalue weighted by molar-refractivity contribution is 5.78. The fourth-order valence-electron chi connectivity index (χ4n) is 1.85. The number of methoxy groups -OCH3 is 1. The van der Waals surface area contributed by atoms with Crippen molar-refractivity contribution in [2.24, 2.45) is 0 Å². The van der Waals surface area contributed by atoms with Crippen molar-refractivity contribution in [1.29, 1.82) is 0 Å². The molecule has 1 amide bonds. The van der Waals surface area contributed by atoms with E-state index in [1.54, 1.807) is 25.3 Å². The number of amides is 1. The molecular formula is C12H17N3O4. The Labute approximate surface area is 110 Å². The van der Waals surface area contributed by atoms with Crippen LogP contribution in [0.1, 0.15) is 0 Å². The first-order valence-corrected chi connectivity index (χ1v) is 5.94. The van der Waals surface area contributed by atoms with Crippen molar-refractivity contribution in [1.82, 2.24) is 5.32 Å².